The average molecular weight is 537 g/mol. The highest BCUT2D eigenvalue weighted by Gasteiger charge is 2.68. The molecule has 5 rings (SSSR count). The molecule has 38 heavy (non-hydrogen) atoms. The minimum Gasteiger partial charge on any atom is -0.479 e. The third-order valence-corrected chi connectivity index (χ3v) is 10.3. The van der Waals surface area contributed by atoms with E-state index in [2.05, 4.69) is 0 Å². The van der Waals surface area contributed by atoms with Crippen molar-refractivity contribution in [3.8, 4) is 0 Å². The summed E-state index contributed by atoms with van der Waals surface area (Å²) in [6, 6.07) is 0. The maximum Gasteiger partial charge on any atom is 0.335 e. The van der Waals surface area contributed by atoms with E-state index in [4.69, 9.17) is 9.47 Å². The number of allylic oxidation sites excluding steroid dienone is 4. The van der Waals surface area contributed by atoms with Crippen molar-refractivity contribution in [2.75, 3.05) is 6.61 Å². The van der Waals surface area contributed by atoms with Crippen LogP contribution in [0.4, 0.5) is 0 Å². The van der Waals surface area contributed by atoms with Gasteiger partial charge in [0, 0.05) is 16.7 Å². The lowest BCUT2D eigenvalue weighted by Crippen LogP contribution is -2.62. The van der Waals surface area contributed by atoms with Gasteiger partial charge in [-0.05, 0) is 56.1 Å². The molecule has 0 aromatic rings. The third-order valence-electron chi connectivity index (χ3n) is 10.3. The van der Waals surface area contributed by atoms with Crippen molar-refractivity contribution < 1.29 is 54.5 Å². The molecule has 4 aliphatic carbocycles. The van der Waals surface area contributed by atoms with Crippen molar-refractivity contribution in [1.82, 2.24) is 0 Å². The van der Waals surface area contributed by atoms with Crippen molar-refractivity contribution in [3.63, 3.8) is 0 Å². The molecule has 0 spiro atoms. The van der Waals surface area contributed by atoms with Gasteiger partial charge in [-0.2, -0.15) is 0 Å². The van der Waals surface area contributed by atoms with Crippen molar-refractivity contribution in [2.24, 2.45) is 28.6 Å². The zero-order valence-corrected chi connectivity index (χ0v) is 21.4. The van der Waals surface area contributed by atoms with Crippen LogP contribution in [0, 0.1) is 28.6 Å². The van der Waals surface area contributed by atoms with Gasteiger partial charge in [0.25, 0.3) is 0 Å². The Hall–Kier alpha value is -1.99. The van der Waals surface area contributed by atoms with Gasteiger partial charge in [-0.15, -0.1) is 0 Å². The maximum absolute atomic E-state index is 13.5. The van der Waals surface area contributed by atoms with Gasteiger partial charge in [-0.1, -0.05) is 25.5 Å². The van der Waals surface area contributed by atoms with Crippen LogP contribution in [0.1, 0.15) is 46.0 Å². The largest absolute Gasteiger partial charge is 0.479 e. The van der Waals surface area contributed by atoms with E-state index in [1.54, 1.807) is 12.2 Å². The van der Waals surface area contributed by atoms with E-state index in [0.29, 0.717) is 12.8 Å². The highest BCUT2D eigenvalue weighted by Crippen LogP contribution is 2.67. The average Bonchev–Trinajstić information content (AvgIpc) is 3.13. The summed E-state index contributed by atoms with van der Waals surface area (Å²) in [7, 11) is 0. The number of ketones is 2. The van der Waals surface area contributed by atoms with Crippen LogP contribution < -0.4 is 0 Å². The van der Waals surface area contributed by atoms with Crippen molar-refractivity contribution in [3.05, 3.63) is 23.8 Å². The smallest absolute Gasteiger partial charge is 0.335 e. The summed E-state index contributed by atoms with van der Waals surface area (Å²) in [5, 5.41) is 62.5. The van der Waals surface area contributed by atoms with Crippen LogP contribution in [0.15, 0.2) is 23.8 Å². The number of aliphatic hydroxyl groups is 5. The SMILES string of the molecule is C[C@]12C=CC(=O)C=C1CC[C@@H]1[C@@H]2[C@H](O)C[C@@]2(C)[C@H]1CC[C@]2(O)C(=O)CO[C@H]1O[C@@H](C(=O)O)[C@H](O)[C@@H](O)[C@@H]1O. The van der Waals surface area contributed by atoms with E-state index >= 15 is 0 Å². The summed E-state index contributed by atoms with van der Waals surface area (Å²) in [5.74, 6) is -2.54. The van der Waals surface area contributed by atoms with E-state index in [9.17, 15) is 45.0 Å². The first-order valence-electron chi connectivity index (χ1n) is 13.2. The van der Waals surface area contributed by atoms with Gasteiger partial charge in [0.05, 0.1) is 6.10 Å². The summed E-state index contributed by atoms with van der Waals surface area (Å²) in [6.45, 7) is 3.12. The number of fused-ring (bicyclic) bond motifs is 5. The number of carbonyl (C=O) groups excluding carboxylic acids is 2. The maximum atomic E-state index is 13.5. The van der Waals surface area contributed by atoms with Gasteiger partial charge in [-0.25, -0.2) is 4.79 Å². The minimum atomic E-state index is -1.89. The van der Waals surface area contributed by atoms with E-state index in [1.807, 2.05) is 19.9 Å². The standard InChI is InChI=1S/C27H36O11/c1-25-7-5-13(28)9-12(25)3-4-14-15-6-8-27(36,26(15,2)10-16(29)18(14)25)17(30)11-37-24-21(33)19(31)20(32)22(38-24)23(34)35/h5,7,9,14-16,18-22,24,29,31-33,36H,3-4,6,8,10-11H2,1-2H3,(H,34,35)/t14-,15-,16+,18+,19+,20+,21-,22+,24-,25-,26-,27-/m0/s1. The van der Waals surface area contributed by atoms with Gasteiger partial charge in [0.1, 0.15) is 30.5 Å². The monoisotopic (exact) mass is 536 g/mol. The van der Waals surface area contributed by atoms with Gasteiger partial charge >= 0.3 is 5.97 Å². The molecule has 0 bridgehead atoms. The van der Waals surface area contributed by atoms with Gasteiger partial charge in [0.15, 0.2) is 24.0 Å². The number of aliphatic hydroxyl groups excluding tert-OH is 4. The number of carbonyl (C=O) groups is 3. The predicted molar refractivity (Wildman–Crippen MR) is 128 cm³/mol. The molecule has 5 aliphatic rings. The first-order chi connectivity index (χ1) is 17.7. The van der Waals surface area contributed by atoms with Crippen molar-refractivity contribution in [1.29, 1.82) is 0 Å². The summed E-state index contributed by atoms with van der Waals surface area (Å²) < 4.78 is 10.4. The fraction of sp³-hybridized carbons (Fsp3) is 0.741. The molecule has 1 heterocycles. The molecule has 11 heteroatoms. The molecule has 4 fully saturated rings. The summed E-state index contributed by atoms with van der Waals surface area (Å²) in [6.07, 6.45) is -2.60. The van der Waals surface area contributed by atoms with Gasteiger partial charge in [-0.3, -0.25) is 9.59 Å². The fourth-order valence-corrected chi connectivity index (χ4v) is 8.26. The molecule has 3 saturated carbocycles. The fourth-order valence-electron chi connectivity index (χ4n) is 8.26. The Labute approximate surface area is 219 Å². The van der Waals surface area contributed by atoms with Crippen molar-refractivity contribution >= 4 is 17.5 Å². The van der Waals surface area contributed by atoms with Crippen LogP contribution >= 0.6 is 0 Å². The molecule has 0 amide bonds. The Morgan fingerprint density at radius 2 is 1.82 bits per heavy atom. The predicted octanol–water partition coefficient (Wildman–Crippen LogP) is -0.526. The molecule has 1 saturated heterocycles. The lowest BCUT2D eigenvalue weighted by molar-refractivity contribution is -0.293. The molecule has 0 radical (unpaired) electrons. The number of aliphatic carboxylic acids is 1. The number of carboxylic acids is 1. The molecule has 0 aromatic heterocycles. The molecule has 0 aromatic carbocycles. The normalized spacial score (nSPS) is 50.0. The first-order valence-corrected chi connectivity index (χ1v) is 13.2. The topological polar surface area (TPSA) is 191 Å². The quantitative estimate of drug-likeness (QED) is 0.265. The second-order valence-corrected chi connectivity index (χ2v) is 12.1. The molecule has 12 atom stereocenters. The Bertz CT molecular complexity index is 1080. The Kier molecular flexibility index (Phi) is 6.74. The number of Topliss-reactive ketones (excluding diaryl/α,β-unsaturated/α-hetero) is 1. The number of rotatable bonds is 5. The number of hydrogen-bond donors (Lipinski definition) is 6. The van der Waals surface area contributed by atoms with E-state index in [-0.39, 0.29) is 36.4 Å². The lowest BCUT2D eigenvalue weighted by atomic mass is 9.46. The molecular formula is C27H36O11. The Balaban J connectivity index is 1.34. The highest BCUT2D eigenvalue weighted by atomic mass is 16.7. The zero-order valence-electron chi connectivity index (χ0n) is 21.4. The minimum absolute atomic E-state index is 0.0166. The highest BCUT2D eigenvalue weighted by molar-refractivity contribution is 6.01. The second-order valence-electron chi connectivity index (χ2n) is 12.1. The molecule has 1 aliphatic heterocycles. The Morgan fingerprint density at radius 1 is 1.11 bits per heavy atom. The number of carboxylic acid groups (broad SMARTS) is 1. The summed E-state index contributed by atoms with van der Waals surface area (Å²) in [5.41, 5.74) is -2.29. The van der Waals surface area contributed by atoms with Gasteiger partial charge < -0.3 is 40.1 Å². The second kappa shape index (κ2) is 9.29. The van der Waals surface area contributed by atoms with Crippen LogP contribution in [0.3, 0.4) is 0 Å². The van der Waals surface area contributed by atoms with Gasteiger partial charge in [0.2, 0.25) is 0 Å². The zero-order chi connectivity index (χ0) is 27.8. The molecule has 210 valence electrons. The van der Waals surface area contributed by atoms with Crippen LogP contribution in [0.2, 0.25) is 0 Å². The Morgan fingerprint density at radius 3 is 2.50 bits per heavy atom. The van der Waals surface area contributed by atoms with Crippen LogP contribution in [0.25, 0.3) is 0 Å². The lowest BCUT2D eigenvalue weighted by Gasteiger charge is -2.59. The molecular weight excluding hydrogens is 500 g/mol. The third kappa shape index (κ3) is 3.86. The molecule has 0 unspecified atom stereocenters. The van der Waals surface area contributed by atoms with E-state index in [1.165, 1.54) is 0 Å². The molecule has 6 N–H and O–H groups in total. The summed E-state index contributed by atoms with van der Waals surface area (Å²) >= 11 is 0. The first kappa shape index (κ1) is 27.6. The van der Waals surface area contributed by atoms with Crippen LogP contribution in [0.5, 0.6) is 0 Å². The van der Waals surface area contributed by atoms with E-state index in [0.717, 1.165) is 12.0 Å². The van der Waals surface area contributed by atoms with Crippen LogP contribution in [-0.4, -0.2) is 97.2 Å². The number of ether oxygens (including phenoxy) is 2. The van der Waals surface area contributed by atoms with Crippen molar-refractivity contribution in [2.45, 2.75) is 88.4 Å². The molecule has 11 nitrogen and oxygen atoms in total. The number of hydrogen-bond acceptors (Lipinski definition) is 10. The van der Waals surface area contributed by atoms with Crippen LogP contribution in [-0.2, 0) is 23.9 Å². The van der Waals surface area contributed by atoms with E-state index < -0.39 is 71.6 Å². The summed E-state index contributed by atoms with van der Waals surface area (Å²) in [4.78, 5) is 36.8.